The van der Waals surface area contributed by atoms with Gasteiger partial charge in [0.25, 0.3) is 21.8 Å². The lowest BCUT2D eigenvalue weighted by Crippen LogP contribution is -2.23. The molecule has 2 heterocycles. The van der Waals surface area contributed by atoms with E-state index < -0.39 is 15.9 Å². The predicted molar refractivity (Wildman–Crippen MR) is 109 cm³/mol. The zero-order valence-corrected chi connectivity index (χ0v) is 17.1. The highest BCUT2D eigenvalue weighted by molar-refractivity contribution is 7.88. The van der Waals surface area contributed by atoms with E-state index in [0.717, 1.165) is 10.00 Å². The number of sulfonamides is 1. The van der Waals surface area contributed by atoms with Crippen molar-refractivity contribution in [2.75, 3.05) is 19.4 Å². The lowest BCUT2D eigenvalue weighted by molar-refractivity contribution is 0.0948. The molecule has 156 valence electrons. The number of nitrogens with zero attached hydrogens (tertiary/aromatic N) is 2. The molecule has 0 saturated heterocycles. The second-order valence-corrected chi connectivity index (χ2v) is 8.53. The van der Waals surface area contributed by atoms with Crippen LogP contribution >= 0.6 is 0 Å². The van der Waals surface area contributed by atoms with Crippen molar-refractivity contribution in [2.45, 2.75) is 11.6 Å². The molecule has 9 nitrogen and oxygen atoms in total. The SMILES string of the molecule is CN(C)S(=O)(=O)c1ccc(C(=O)Nc2cccc(C(=O)NCc3ccccn3)c2)o1. The number of aromatic nitrogens is 1. The van der Waals surface area contributed by atoms with E-state index in [0.29, 0.717) is 11.3 Å². The minimum absolute atomic E-state index is 0.166. The van der Waals surface area contributed by atoms with Gasteiger partial charge in [0.2, 0.25) is 5.09 Å². The van der Waals surface area contributed by atoms with E-state index in [1.54, 1.807) is 36.5 Å². The summed E-state index contributed by atoms with van der Waals surface area (Å²) in [5.74, 6) is -1.13. The molecular weight excluding hydrogens is 408 g/mol. The van der Waals surface area contributed by atoms with E-state index in [1.807, 2.05) is 6.07 Å². The second-order valence-electron chi connectivity index (χ2n) is 6.44. The zero-order chi connectivity index (χ0) is 21.7. The lowest BCUT2D eigenvalue weighted by Gasteiger charge is -2.08. The van der Waals surface area contributed by atoms with Gasteiger partial charge in [-0.2, -0.15) is 0 Å². The van der Waals surface area contributed by atoms with Gasteiger partial charge >= 0.3 is 0 Å². The highest BCUT2D eigenvalue weighted by Gasteiger charge is 2.23. The summed E-state index contributed by atoms with van der Waals surface area (Å²) in [6.07, 6.45) is 1.64. The molecule has 0 atom stereocenters. The quantitative estimate of drug-likeness (QED) is 0.594. The van der Waals surface area contributed by atoms with Crippen molar-refractivity contribution >= 4 is 27.5 Å². The first-order valence-corrected chi connectivity index (χ1v) is 10.3. The topological polar surface area (TPSA) is 122 Å². The van der Waals surface area contributed by atoms with Crippen LogP contribution in [-0.2, 0) is 16.6 Å². The van der Waals surface area contributed by atoms with Gasteiger partial charge in [-0.05, 0) is 42.5 Å². The Morgan fingerprint density at radius 3 is 2.53 bits per heavy atom. The van der Waals surface area contributed by atoms with E-state index in [2.05, 4.69) is 15.6 Å². The van der Waals surface area contributed by atoms with E-state index in [1.165, 1.54) is 32.3 Å². The maximum atomic E-state index is 12.4. The Balaban J connectivity index is 1.67. The van der Waals surface area contributed by atoms with Crippen LogP contribution in [0.15, 0.2) is 70.3 Å². The van der Waals surface area contributed by atoms with Crippen LogP contribution in [0.5, 0.6) is 0 Å². The van der Waals surface area contributed by atoms with Gasteiger partial charge in [0, 0.05) is 31.5 Å². The summed E-state index contributed by atoms with van der Waals surface area (Å²) in [7, 11) is -1.05. The molecule has 30 heavy (non-hydrogen) atoms. The van der Waals surface area contributed by atoms with Gasteiger partial charge in [-0.3, -0.25) is 14.6 Å². The number of amides is 2. The van der Waals surface area contributed by atoms with Crippen LogP contribution in [0, 0.1) is 0 Å². The van der Waals surface area contributed by atoms with Crippen molar-refractivity contribution in [1.82, 2.24) is 14.6 Å². The second kappa shape index (κ2) is 8.89. The van der Waals surface area contributed by atoms with Crippen LogP contribution in [0.1, 0.15) is 26.6 Å². The number of furan rings is 1. The van der Waals surface area contributed by atoms with Gasteiger partial charge < -0.3 is 15.1 Å². The molecule has 10 heteroatoms. The monoisotopic (exact) mass is 428 g/mol. The maximum Gasteiger partial charge on any atom is 0.291 e. The first-order chi connectivity index (χ1) is 14.3. The smallest absolute Gasteiger partial charge is 0.291 e. The third-order valence-electron chi connectivity index (χ3n) is 4.08. The first-order valence-electron chi connectivity index (χ1n) is 8.89. The molecule has 0 aliphatic heterocycles. The van der Waals surface area contributed by atoms with Crippen LogP contribution in [0.25, 0.3) is 0 Å². The highest BCUT2D eigenvalue weighted by atomic mass is 32.2. The average Bonchev–Trinajstić information content (AvgIpc) is 3.24. The Morgan fingerprint density at radius 2 is 1.83 bits per heavy atom. The van der Waals surface area contributed by atoms with Crippen LogP contribution in [0.3, 0.4) is 0 Å². The van der Waals surface area contributed by atoms with Gasteiger partial charge in [0.1, 0.15) is 0 Å². The van der Waals surface area contributed by atoms with E-state index in [9.17, 15) is 18.0 Å². The fourth-order valence-electron chi connectivity index (χ4n) is 2.47. The summed E-state index contributed by atoms with van der Waals surface area (Å²) in [6, 6.07) is 14.2. The Kier molecular flexibility index (Phi) is 6.28. The minimum Gasteiger partial charge on any atom is -0.438 e. The van der Waals surface area contributed by atoms with E-state index >= 15 is 0 Å². The number of pyridine rings is 1. The number of carbonyl (C=O) groups excluding carboxylic acids is 2. The summed E-state index contributed by atoms with van der Waals surface area (Å²) >= 11 is 0. The minimum atomic E-state index is -3.78. The number of rotatable bonds is 7. The molecule has 0 saturated carbocycles. The molecule has 1 aromatic carbocycles. The van der Waals surface area contributed by atoms with E-state index in [-0.39, 0.29) is 23.3 Å². The van der Waals surface area contributed by atoms with Gasteiger partial charge in [-0.15, -0.1) is 0 Å². The van der Waals surface area contributed by atoms with Crippen molar-refractivity contribution in [3.63, 3.8) is 0 Å². The van der Waals surface area contributed by atoms with Crippen LogP contribution < -0.4 is 10.6 Å². The van der Waals surface area contributed by atoms with Crippen LogP contribution in [0.2, 0.25) is 0 Å². The van der Waals surface area contributed by atoms with Gasteiger partial charge in [0.15, 0.2) is 5.76 Å². The van der Waals surface area contributed by atoms with E-state index in [4.69, 9.17) is 4.42 Å². The van der Waals surface area contributed by atoms with Crippen molar-refractivity contribution in [1.29, 1.82) is 0 Å². The predicted octanol–water partition coefficient (Wildman–Crippen LogP) is 2.11. The van der Waals surface area contributed by atoms with Gasteiger partial charge in [-0.1, -0.05) is 12.1 Å². The molecule has 0 bridgehead atoms. The third kappa shape index (κ3) is 4.91. The summed E-state index contributed by atoms with van der Waals surface area (Å²) in [5, 5.41) is 5.01. The molecule has 2 aromatic heterocycles. The Morgan fingerprint density at radius 1 is 1.03 bits per heavy atom. The number of nitrogens with one attached hydrogen (secondary N) is 2. The molecule has 0 aliphatic rings. The molecule has 3 rings (SSSR count). The molecule has 0 spiro atoms. The number of hydrogen-bond donors (Lipinski definition) is 2. The van der Waals surface area contributed by atoms with Crippen LogP contribution in [0.4, 0.5) is 5.69 Å². The standard InChI is InChI=1S/C20H20N4O5S/c1-24(2)30(27,28)18-10-9-17(29-18)20(26)23-15-8-5-6-14(12-15)19(25)22-13-16-7-3-4-11-21-16/h3-12H,13H2,1-2H3,(H,22,25)(H,23,26). The molecular formula is C20H20N4O5S. The molecule has 2 amide bonds. The molecule has 0 aliphatic carbocycles. The molecule has 3 aromatic rings. The number of anilines is 1. The highest BCUT2D eigenvalue weighted by Crippen LogP contribution is 2.18. The number of benzene rings is 1. The number of hydrogen-bond acceptors (Lipinski definition) is 6. The Labute approximate surface area is 173 Å². The third-order valence-corrected chi connectivity index (χ3v) is 5.77. The normalized spacial score (nSPS) is 11.3. The van der Waals surface area contributed by atoms with Crippen molar-refractivity contribution in [3.8, 4) is 0 Å². The van der Waals surface area contributed by atoms with Crippen LogP contribution in [-0.4, -0.2) is 43.6 Å². The largest absolute Gasteiger partial charge is 0.438 e. The van der Waals surface area contributed by atoms with Gasteiger partial charge in [0.05, 0.1) is 12.2 Å². The number of carbonyl (C=O) groups is 2. The van der Waals surface area contributed by atoms with Crippen molar-refractivity contribution in [2.24, 2.45) is 0 Å². The lowest BCUT2D eigenvalue weighted by atomic mass is 10.2. The Hall–Kier alpha value is -3.50. The fraction of sp³-hybridized carbons (Fsp3) is 0.150. The fourth-order valence-corrected chi connectivity index (χ4v) is 3.26. The summed E-state index contributed by atoms with van der Waals surface area (Å²) in [5.41, 5.74) is 1.43. The molecule has 2 N–H and O–H groups in total. The van der Waals surface area contributed by atoms with Crippen molar-refractivity contribution in [3.05, 3.63) is 77.8 Å². The van der Waals surface area contributed by atoms with Crippen molar-refractivity contribution < 1.29 is 22.4 Å². The van der Waals surface area contributed by atoms with Gasteiger partial charge in [-0.25, -0.2) is 12.7 Å². The summed E-state index contributed by atoms with van der Waals surface area (Å²) in [4.78, 5) is 28.9. The average molecular weight is 428 g/mol. The summed E-state index contributed by atoms with van der Waals surface area (Å²) < 4.78 is 30.3. The summed E-state index contributed by atoms with van der Waals surface area (Å²) in [6.45, 7) is 0.270. The first kappa shape index (κ1) is 21.2. The maximum absolute atomic E-state index is 12.4. The molecule has 0 radical (unpaired) electrons. The zero-order valence-electron chi connectivity index (χ0n) is 16.3. The Bertz CT molecular complexity index is 1160. The molecule has 0 fully saturated rings. The molecule has 0 unspecified atom stereocenters.